The van der Waals surface area contributed by atoms with Gasteiger partial charge in [-0.1, -0.05) is 42.8 Å². The van der Waals surface area contributed by atoms with Crippen LogP contribution in [0.3, 0.4) is 0 Å². The number of rotatable bonds is 3. The fourth-order valence-corrected chi connectivity index (χ4v) is 2.42. The van der Waals surface area contributed by atoms with Crippen molar-refractivity contribution in [2.24, 2.45) is 0 Å². The molecule has 24 heavy (non-hydrogen) atoms. The molecule has 0 saturated carbocycles. The Hall–Kier alpha value is -1.83. The second-order valence-corrected chi connectivity index (χ2v) is 7.31. The van der Waals surface area contributed by atoms with E-state index in [1.54, 1.807) is 6.07 Å². The van der Waals surface area contributed by atoms with Crippen LogP contribution >= 0.6 is 15.9 Å². The number of H-pyrrole nitrogens is 1. The Labute approximate surface area is 146 Å². The minimum atomic E-state index is -4.49. The molecule has 0 aliphatic heterocycles. The maximum absolute atomic E-state index is 13.1. The fraction of sp³-hybridized carbons (Fsp3) is 0.375. The standard InChI is InChI=1S/C16H17BrF3N3O/c1-15(2,3)13-7-12(22-23-13)14(24)21-8-9-4-5-10(17)6-11(9)16(18,19)20/h4-7H,8H2,1-3H3,(H,21,24)(H,22,23). The van der Waals surface area contributed by atoms with Crippen molar-refractivity contribution in [3.05, 3.63) is 51.3 Å². The Kier molecular flexibility index (Phi) is 5.08. The van der Waals surface area contributed by atoms with Gasteiger partial charge in [-0.05, 0) is 23.8 Å². The number of carbonyl (C=O) groups is 1. The highest BCUT2D eigenvalue weighted by Gasteiger charge is 2.33. The van der Waals surface area contributed by atoms with E-state index in [0.29, 0.717) is 4.47 Å². The van der Waals surface area contributed by atoms with Crippen LogP contribution in [0.4, 0.5) is 13.2 Å². The van der Waals surface area contributed by atoms with E-state index in [4.69, 9.17) is 0 Å². The number of hydrogen-bond donors (Lipinski definition) is 2. The van der Waals surface area contributed by atoms with E-state index in [1.165, 1.54) is 12.1 Å². The van der Waals surface area contributed by atoms with Gasteiger partial charge in [0, 0.05) is 22.1 Å². The van der Waals surface area contributed by atoms with Crippen molar-refractivity contribution in [3.63, 3.8) is 0 Å². The summed E-state index contributed by atoms with van der Waals surface area (Å²) in [6.45, 7) is 5.64. The monoisotopic (exact) mass is 403 g/mol. The maximum atomic E-state index is 13.1. The molecular weight excluding hydrogens is 387 g/mol. The molecule has 4 nitrogen and oxygen atoms in total. The number of nitrogens with one attached hydrogen (secondary N) is 2. The molecule has 1 heterocycles. The highest BCUT2D eigenvalue weighted by atomic mass is 79.9. The predicted octanol–water partition coefficient (Wildman–Crippen LogP) is 4.42. The average molecular weight is 404 g/mol. The second-order valence-electron chi connectivity index (χ2n) is 6.40. The molecule has 130 valence electrons. The van der Waals surface area contributed by atoms with E-state index in [-0.39, 0.29) is 23.2 Å². The quantitative estimate of drug-likeness (QED) is 0.796. The van der Waals surface area contributed by atoms with Crippen LogP contribution in [0, 0.1) is 0 Å². The van der Waals surface area contributed by atoms with Gasteiger partial charge in [-0.25, -0.2) is 0 Å². The lowest BCUT2D eigenvalue weighted by Crippen LogP contribution is -2.25. The number of amides is 1. The minimum Gasteiger partial charge on any atom is -0.347 e. The zero-order chi connectivity index (χ0) is 18.1. The molecule has 0 radical (unpaired) electrons. The molecule has 2 N–H and O–H groups in total. The van der Waals surface area contributed by atoms with Gasteiger partial charge in [0.05, 0.1) is 5.56 Å². The van der Waals surface area contributed by atoms with Crippen LogP contribution in [-0.2, 0) is 18.1 Å². The van der Waals surface area contributed by atoms with Crippen LogP contribution in [0.5, 0.6) is 0 Å². The van der Waals surface area contributed by atoms with E-state index in [0.717, 1.165) is 11.8 Å². The summed E-state index contributed by atoms with van der Waals surface area (Å²) in [4.78, 5) is 12.1. The molecule has 0 unspecified atom stereocenters. The van der Waals surface area contributed by atoms with Gasteiger partial charge in [0.1, 0.15) is 5.69 Å². The van der Waals surface area contributed by atoms with Gasteiger partial charge in [-0.2, -0.15) is 18.3 Å². The first kappa shape index (κ1) is 18.5. The van der Waals surface area contributed by atoms with E-state index < -0.39 is 17.6 Å². The number of halogens is 4. The summed E-state index contributed by atoms with van der Waals surface area (Å²) >= 11 is 3.03. The summed E-state index contributed by atoms with van der Waals surface area (Å²) < 4.78 is 39.5. The van der Waals surface area contributed by atoms with Crippen molar-refractivity contribution >= 4 is 21.8 Å². The molecule has 1 amide bonds. The summed E-state index contributed by atoms with van der Waals surface area (Å²) in [6, 6.07) is 5.43. The zero-order valence-corrected chi connectivity index (χ0v) is 15.0. The third-order valence-corrected chi connectivity index (χ3v) is 3.93. The van der Waals surface area contributed by atoms with Gasteiger partial charge >= 0.3 is 6.18 Å². The number of aromatic nitrogens is 2. The Balaban J connectivity index is 2.14. The Morgan fingerprint density at radius 3 is 2.46 bits per heavy atom. The fourth-order valence-electron chi connectivity index (χ4n) is 2.06. The topological polar surface area (TPSA) is 57.8 Å². The molecule has 0 saturated heterocycles. The highest BCUT2D eigenvalue weighted by molar-refractivity contribution is 9.10. The van der Waals surface area contributed by atoms with E-state index in [1.807, 2.05) is 20.8 Å². The molecule has 2 aromatic rings. The number of benzene rings is 1. The summed E-state index contributed by atoms with van der Waals surface area (Å²) in [7, 11) is 0. The molecule has 0 fully saturated rings. The summed E-state index contributed by atoms with van der Waals surface area (Å²) in [6.07, 6.45) is -4.49. The maximum Gasteiger partial charge on any atom is 0.416 e. The van der Waals surface area contributed by atoms with Crippen LogP contribution in [0.25, 0.3) is 0 Å². The summed E-state index contributed by atoms with van der Waals surface area (Å²) in [5.41, 5.74) is -0.0844. The number of nitrogens with zero attached hydrogens (tertiary/aromatic N) is 1. The van der Waals surface area contributed by atoms with Gasteiger partial charge in [0.15, 0.2) is 0 Å². The van der Waals surface area contributed by atoms with Gasteiger partial charge in [-0.3, -0.25) is 9.89 Å². The number of hydrogen-bond acceptors (Lipinski definition) is 2. The van der Waals surface area contributed by atoms with Crippen LogP contribution in [0.2, 0.25) is 0 Å². The Bertz CT molecular complexity index is 748. The molecular formula is C16H17BrF3N3O. The van der Waals surface area contributed by atoms with Crippen LogP contribution < -0.4 is 5.32 Å². The van der Waals surface area contributed by atoms with Crippen molar-refractivity contribution in [1.82, 2.24) is 15.5 Å². The van der Waals surface area contributed by atoms with E-state index in [2.05, 4.69) is 31.4 Å². The largest absolute Gasteiger partial charge is 0.416 e. The van der Waals surface area contributed by atoms with Crippen LogP contribution in [0.15, 0.2) is 28.7 Å². The van der Waals surface area contributed by atoms with Crippen LogP contribution in [0.1, 0.15) is 48.1 Å². The lowest BCUT2D eigenvalue weighted by atomic mass is 9.92. The first-order valence-corrected chi connectivity index (χ1v) is 7.97. The lowest BCUT2D eigenvalue weighted by molar-refractivity contribution is -0.138. The molecule has 2 rings (SSSR count). The highest BCUT2D eigenvalue weighted by Crippen LogP contribution is 2.33. The number of alkyl halides is 3. The smallest absolute Gasteiger partial charge is 0.347 e. The third kappa shape index (κ3) is 4.37. The molecule has 0 atom stereocenters. The normalized spacial score (nSPS) is 12.3. The van der Waals surface area contributed by atoms with Gasteiger partial charge in [0.2, 0.25) is 0 Å². The van der Waals surface area contributed by atoms with Crippen molar-refractivity contribution < 1.29 is 18.0 Å². The van der Waals surface area contributed by atoms with Gasteiger partial charge in [-0.15, -0.1) is 0 Å². The molecule has 0 spiro atoms. The first-order chi connectivity index (χ1) is 11.0. The molecule has 0 aliphatic rings. The second kappa shape index (κ2) is 6.58. The number of aromatic amines is 1. The van der Waals surface area contributed by atoms with Crippen molar-refractivity contribution in [1.29, 1.82) is 0 Å². The van der Waals surface area contributed by atoms with Crippen molar-refractivity contribution in [3.8, 4) is 0 Å². The summed E-state index contributed by atoms with van der Waals surface area (Å²) in [5.74, 6) is -0.530. The number of carbonyl (C=O) groups excluding carboxylic acids is 1. The molecule has 0 bridgehead atoms. The van der Waals surface area contributed by atoms with Crippen molar-refractivity contribution in [2.45, 2.75) is 38.9 Å². The van der Waals surface area contributed by atoms with Crippen molar-refractivity contribution in [2.75, 3.05) is 0 Å². The lowest BCUT2D eigenvalue weighted by Gasteiger charge is -2.14. The Morgan fingerprint density at radius 1 is 1.25 bits per heavy atom. The zero-order valence-electron chi connectivity index (χ0n) is 13.4. The summed E-state index contributed by atoms with van der Waals surface area (Å²) in [5, 5.41) is 9.16. The van der Waals surface area contributed by atoms with E-state index >= 15 is 0 Å². The molecule has 0 aliphatic carbocycles. The molecule has 8 heteroatoms. The van der Waals surface area contributed by atoms with Gasteiger partial charge in [0.25, 0.3) is 5.91 Å². The SMILES string of the molecule is CC(C)(C)c1cc(C(=O)NCc2ccc(Br)cc2C(F)(F)F)n[nH]1. The predicted molar refractivity (Wildman–Crippen MR) is 87.6 cm³/mol. The third-order valence-electron chi connectivity index (χ3n) is 3.44. The Morgan fingerprint density at radius 2 is 1.92 bits per heavy atom. The van der Waals surface area contributed by atoms with Gasteiger partial charge < -0.3 is 5.32 Å². The average Bonchev–Trinajstić information content (AvgIpc) is 2.94. The molecule has 1 aromatic carbocycles. The van der Waals surface area contributed by atoms with E-state index in [9.17, 15) is 18.0 Å². The minimum absolute atomic E-state index is 0.00868. The molecule has 1 aromatic heterocycles. The first-order valence-electron chi connectivity index (χ1n) is 7.18. The van der Waals surface area contributed by atoms with Crippen LogP contribution in [-0.4, -0.2) is 16.1 Å².